The number of hydrogen-bond acceptors (Lipinski definition) is 7. The monoisotopic (exact) mass is 509 g/mol. The van der Waals surface area contributed by atoms with Crippen molar-refractivity contribution in [3.05, 3.63) is 42.2 Å². The van der Waals surface area contributed by atoms with Crippen molar-refractivity contribution >= 4 is 28.2 Å². The van der Waals surface area contributed by atoms with Gasteiger partial charge in [0.15, 0.2) is 27.1 Å². The Balaban J connectivity index is 0.00000385. The molecule has 1 saturated heterocycles. The van der Waals surface area contributed by atoms with E-state index in [0.29, 0.717) is 11.1 Å². The second-order valence-electron chi connectivity index (χ2n) is 7.48. The van der Waals surface area contributed by atoms with Crippen LogP contribution in [0, 0.1) is 0 Å². The third-order valence-electron chi connectivity index (χ3n) is 5.43. The van der Waals surface area contributed by atoms with Gasteiger partial charge in [-0.05, 0) is 49.1 Å². The summed E-state index contributed by atoms with van der Waals surface area (Å²) in [5, 5.41) is 9.09. The van der Waals surface area contributed by atoms with E-state index < -0.39 is 39.5 Å². The molecule has 0 atom stereocenters. The number of carbonyl (C=O) groups is 1. The van der Waals surface area contributed by atoms with Crippen LogP contribution >= 0.6 is 12.4 Å². The smallest absolute Gasteiger partial charge is 0.276 e. The summed E-state index contributed by atoms with van der Waals surface area (Å²) < 4.78 is 68.1. The van der Waals surface area contributed by atoms with E-state index >= 15 is 0 Å². The number of benzene rings is 1. The topological polar surface area (TPSA) is 118 Å². The number of hydroxylamine groups is 1. The molecule has 2 heterocycles. The van der Waals surface area contributed by atoms with Crippen LogP contribution in [0.4, 0.5) is 13.2 Å². The zero-order chi connectivity index (χ0) is 23.4. The van der Waals surface area contributed by atoms with Crippen molar-refractivity contribution in [3.63, 3.8) is 0 Å². The van der Waals surface area contributed by atoms with Crippen LogP contribution in [-0.2, 0) is 25.8 Å². The molecule has 0 radical (unpaired) electrons. The van der Waals surface area contributed by atoms with Crippen molar-refractivity contribution in [1.29, 1.82) is 0 Å². The number of aryl methyl sites for hydroxylation is 1. The Morgan fingerprint density at radius 3 is 2.24 bits per heavy atom. The Kier molecular flexibility index (Phi) is 8.80. The Morgan fingerprint density at radius 1 is 1.15 bits per heavy atom. The molecule has 0 aliphatic carbocycles. The Labute approximate surface area is 194 Å². The van der Waals surface area contributed by atoms with Crippen LogP contribution in [0.3, 0.4) is 0 Å². The minimum Gasteiger partial charge on any atom is -0.381 e. The summed E-state index contributed by atoms with van der Waals surface area (Å²) in [5.41, 5.74) is 2.34. The summed E-state index contributed by atoms with van der Waals surface area (Å²) in [4.78, 5) is 20.4. The molecule has 1 amide bonds. The highest BCUT2D eigenvalue weighted by Crippen LogP contribution is 2.35. The number of halogens is 4. The predicted octanol–water partition coefficient (Wildman–Crippen LogP) is 2.93. The molecule has 2 N–H and O–H groups in total. The third-order valence-corrected chi connectivity index (χ3v) is 7.95. The average molecular weight is 510 g/mol. The van der Waals surface area contributed by atoms with E-state index in [4.69, 9.17) is 9.94 Å². The van der Waals surface area contributed by atoms with Gasteiger partial charge >= 0.3 is 0 Å². The standard InChI is InChI=1S/C20H22F3N3O5S.ClH/c21-13-20(22,23)6-5-14-11-24-17(25-12-14)15-1-3-16(4-2-15)32(29,30)19(18(27)26-28)7-9-31-10-8-19;/h1-4,11-12,28H,5-10,13H2,(H,26,27);1H. The minimum absolute atomic E-state index is 0. The lowest BCUT2D eigenvalue weighted by Crippen LogP contribution is -2.54. The maximum absolute atomic E-state index is 13.2. The van der Waals surface area contributed by atoms with Gasteiger partial charge < -0.3 is 4.74 Å². The maximum Gasteiger partial charge on any atom is 0.276 e. The second-order valence-corrected chi connectivity index (χ2v) is 9.74. The van der Waals surface area contributed by atoms with Gasteiger partial charge in [0.1, 0.15) is 0 Å². The molecule has 33 heavy (non-hydrogen) atoms. The number of alkyl halides is 3. The fourth-order valence-electron chi connectivity index (χ4n) is 3.46. The van der Waals surface area contributed by atoms with Crippen molar-refractivity contribution in [2.24, 2.45) is 0 Å². The predicted molar refractivity (Wildman–Crippen MR) is 114 cm³/mol. The Hall–Kier alpha value is -2.28. The third kappa shape index (κ3) is 5.62. The van der Waals surface area contributed by atoms with Crippen molar-refractivity contribution in [3.8, 4) is 11.4 Å². The first kappa shape index (κ1) is 27.0. The highest BCUT2D eigenvalue weighted by molar-refractivity contribution is 7.93. The van der Waals surface area contributed by atoms with Crippen LogP contribution in [0.2, 0.25) is 0 Å². The Morgan fingerprint density at radius 2 is 1.73 bits per heavy atom. The number of rotatable bonds is 8. The first-order chi connectivity index (χ1) is 15.1. The zero-order valence-corrected chi connectivity index (χ0v) is 19.0. The highest BCUT2D eigenvalue weighted by atomic mass is 35.5. The molecule has 0 bridgehead atoms. The first-order valence-electron chi connectivity index (χ1n) is 9.77. The lowest BCUT2D eigenvalue weighted by atomic mass is 9.98. The summed E-state index contributed by atoms with van der Waals surface area (Å²) in [7, 11) is -4.16. The quantitative estimate of drug-likeness (QED) is 0.415. The largest absolute Gasteiger partial charge is 0.381 e. The number of carbonyl (C=O) groups excluding carboxylic acids is 1. The number of hydrogen-bond donors (Lipinski definition) is 2. The summed E-state index contributed by atoms with van der Waals surface area (Å²) >= 11 is 0. The van der Waals surface area contributed by atoms with E-state index in [1.807, 2.05) is 0 Å². The first-order valence-corrected chi connectivity index (χ1v) is 11.3. The van der Waals surface area contributed by atoms with Crippen LogP contribution in [0.1, 0.15) is 24.8 Å². The molecule has 2 aromatic rings. The molecule has 182 valence electrons. The van der Waals surface area contributed by atoms with Crippen molar-refractivity contribution in [2.75, 3.05) is 19.9 Å². The number of sulfone groups is 1. The van der Waals surface area contributed by atoms with Crippen LogP contribution in [0.5, 0.6) is 0 Å². The fraction of sp³-hybridized carbons (Fsp3) is 0.450. The molecule has 1 fully saturated rings. The van der Waals surface area contributed by atoms with Crippen LogP contribution in [0.25, 0.3) is 11.4 Å². The molecule has 1 aromatic heterocycles. The van der Waals surface area contributed by atoms with Gasteiger partial charge in [-0.15, -0.1) is 12.4 Å². The van der Waals surface area contributed by atoms with Gasteiger partial charge in [-0.2, -0.15) is 0 Å². The summed E-state index contributed by atoms with van der Waals surface area (Å²) in [6.07, 6.45) is 1.75. The van der Waals surface area contributed by atoms with Gasteiger partial charge in [0.25, 0.3) is 11.8 Å². The summed E-state index contributed by atoms with van der Waals surface area (Å²) in [6.45, 7) is -1.61. The van der Waals surface area contributed by atoms with Crippen molar-refractivity contribution in [2.45, 2.75) is 41.2 Å². The molecule has 0 unspecified atom stereocenters. The van der Waals surface area contributed by atoms with Gasteiger partial charge in [0.05, 0.1) is 4.90 Å². The SMILES string of the molecule is Cl.O=C(NO)C1(S(=O)(=O)c2ccc(-c3ncc(CCC(F)(F)CF)cn3)cc2)CCOCC1. The summed E-state index contributed by atoms with van der Waals surface area (Å²) in [5.74, 6) is -4.17. The second kappa shape index (κ2) is 10.8. The van der Waals surface area contributed by atoms with Gasteiger partial charge in [-0.1, -0.05) is 0 Å². The lowest BCUT2D eigenvalue weighted by Gasteiger charge is -2.34. The molecule has 1 aliphatic heterocycles. The van der Waals surface area contributed by atoms with Gasteiger partial charge in [0.2, 0.25) is 0 Å². The van der Waals surface area contributed by atoms with Crippen LogP contribution in [0.15, 0.2) is 41.6 Å². The van der Waals surface area contributed by atoms with Crippen molar-refractivity contribution < 1.29 is 36.3 Å². The molecule has 13 heteroatoms. The van der Waals surface area contributed by atoms with E-state index in [2.05, 4.69) is 9.97 Å². The van der Waals surface area contributed by atoms with Gasteiger partial charge in [-0.3, -0.25) is 10.0 Å². The molecular formula is C20H23ClF3N3O5S. The number of amides is 1. The van der Waals surface area contributed by atoms with E-state index in [1.165, 1.54) is 42.1 Å². The van der Waals surface area contributed by atoms with Crippen molar-refractivity contribution in [1.82, 2.24) is 15.4 Å². The molecular weight excluding hydrogens is 487 g/mol. The number of ether oxygens (including phenoxy) is 1. The maximum atomic E-state index is 13.2. The molecule has 1 aliphatic rings. The van der Waals surface area contributed by atoms with Crippen LogP contribution < -0.4 is 5.48 Å². The number of nitrogens with zero attached hydrogens (tertiary/aromatic N) is 2. The average Bonchev–Trinajstić information content (AvgIpc) is 2.83. The van der Waals surface area contributed by atoms with E-state index in [9.17, 15) is 26.4 Å². The van der Waals surface area contributed by atoms with Gasteiger partial charge in [0, 0.05) is 37.6 Å². The number of nitrogens with one attached hydrogen (secondary N) is 1. The normalized spacial score (nSPS) is 16.0. The zero-order valence-electron chi connectivity index (χ0n) is 17.3. The summed E-state index contributed by atoms with van der Waals surface area (Å²) in [6, 6.07) is 5.54. The lowest BCUT2D eigenvalue weighted by molar-refractivity contribution is -0.134. The van der Waals surface area contributed by atoms with E-state index in [-0.39, 0.29) is 55.6 Å². The van der Waals surface area contributed by atoms with E-state index in [0.717, 1.165) is 0 Å². The van der Waals surface area contributed by atoms with Gasteiger partial charge in [-0.25, -0.2) is 37.0 Å². The van der Waals surface area contributed by atoms with Crippen LogP contribution in [-0.4, -0.2) is 60.1 Å². The molecule has 0 spiro atoms. The molecule has 0 saturated carbocycles. The van der Waals surface area contributed by atoms with E-state index in [1.54, 1.807) is 0 Å². The Bertz CT molecular complexity index is 1050. The molecule has 3 rings (SSSR count). The fourth-order valence-corrected chi connectivity index (χ4v) is 5.40. The molecule has 8 nitrogen and oxygen atoms in total. The number of aromatic nitrogens is 2. The minimum atomic E-state index is -4.16. The molecule has 1 aromatic carbocycles. The highest BCUT2D eigenvalue weighted by Gasteiger charge is 2.52.